The Hall–Kier alpha value is 0.533. The molecule has 0 bridgehead atoms. The summed E-state index contributed by atoms with van der Waals surface area (Å²) in [5.41, 5.74) is 2.00. The van der Waals surface area contributed by atoms with Gasteiger partial charge in [0, 0.05) is 0 Å². The van der Waals surface area contributed by atoms with Crippen LogP contribution in [0.25, 0.3) is 0 Å². The third-order valence-electron chi connectivity index (χ3n) is 2.80. The van der Waals surface area contributed by atoms with E-state index in [9.17, 15) is 28.7 Å². The summed E-state index contributed by atoms with van der Waals surface area (Å²) in [6.07, 6.45) is -0.968. The first-order valence-electron chi connectivity index (χ1n) is 5.68. The Bertz CT molecular complexity index is 540. The Morgan fingerprint density at radius 3 is 1.86 bits per heavy atom. The number of rotatable bonds is 6. The van der Waals surface area contributed by atoms with Crippen LogP contribution in [-0.2, 0) is 55.5 Å². The minimum atomic E-state index is -4.60. The molecule has 0 fully saturated rings. The van der Waals surface area contributed by atoms with Crippen LogP contribution in [0.3, 0.4) is 0 Å². The van der Waals surface area contributed by atoms with Gasteiger partial charge in [-0.3, -0.25) is 0 Å². The van der Waals surface area contributed by atoms with Gasteiger partial charge in [-0.25, -0.2) is 0 Å². The van der Waals surface area contributed by atoms with Crippen molar-refractivity contribution in [2.45, 2.75) is 19.8 Å². The second-order valence-corrected chi connectivity index (χ2v) is 7.72. The van der Waals surface area contributed by atoms with E-state index in [0.717, 1.165) is 5.56 Å². The second-order valence-electron chi connectivity index (χ2n) is 4.38. The summed E-state index contributed by atoms with van der Waals surface area (Å²) >= 11 is 0. The van der Waals surface area contributed by atoms with Gasteiger partial charge in [0.2, 0.25) is 0 Å². The SMILES string of the molecule is Cc1cccc(CCP(=O)([O-])[O-])c1CCP(=O)([O-])[O-].[Co+2].[Co+2]. The van der Waals surface area contributed by atoms with E-state index < -0.39 is 27.5 Å². The molecule has 0 aromatic heterocycles. The molecule has 1 aromatic rings. The van der Waals surface area contributed by atoms with Gasteiger partial charge in [0.15, 0.2) is 0 Å². The van der Waals surface area contributed by atoms with Crippen molar-refractivity contribution in [2.75, 3.05) is 12.3 Å². The largest absolute Gasteiger partial charge is 2.00 e. The molecule has 21 heavy (non-hydrogen) atoms. The van der Waals surface area contributed by atoms with Crippen LogP contribution in [0.15, 0.2) is 18.2 Å². The average molecular weight is 422 g/mol. The molecule has 0 saturated carbocycles. The van der Waals surface area contributed by atoms with Crippen molar-refractivity contribution in [3.05, 3.63) is 34.9 Å². The maximum Gasteiger partial charge on any atom is 2.00 e. The number of hydrogen-bond donors (Lipinski definition) is 0. The van der Waals surface area contributed by atoms with E-state index in [1.807, 2.05) is 0 Å². The molecule has 0 spiro atoms. The first-order chi connectivity index (χ1) is 8.58. The van der Waals surface area contributed by atoms with Gasteiger partial charge in [-0.15, -0.1) is 0 Å². The van der Waals surface area contributed by atoms with Gasteiger partial charge in [-0.05, 0) is 48.8 Å². The molecule has 0 saturated heterocycles. The Balaban J connectivity index is 0. The fourth-order valence-corrected chi connectivity index (χ4v) is 2.87. The molecule has 122 valence electrons. The van der Waals surface area contributed by atoms with Crippen LogP contribution < -0.4 is 19.6 Å². The summed E-state index contributed by atoms with van der Waals surface area (Å²) in [5, 5.41) is 0. The standard InChI is InChI=1S/C11H18O6P2.2Co/c1-9-3-2-4-10(5-7-18(12,13)14)11(9)6-8-19(15,16)17;;/h2-4H,5-8H2,1H3,(H2,12,13,14)(H2,15,16,17);;/q;2*+2/p-4. The van der Waals surface area contributed by atoms with Crippen LogP contribution in [0.2, 0.25) is 0 Å². The van der Waals surface area contributed by atoms with E-state index in [0.29, 0.717) is 11.1 Å². The van der Waals surface area contributed by atoms with Crippen LogP contribution in [0.5, 0.6) is 0 Å². The molecule has 0 unspecified atom stereocenters. The Morgan fingerprint density at radius 1 is 0.905 bits per heavy atom. The van der Waals surface area contributed by atoms with Gasteiger partial charge in [0.05, 0.1) is 0 Å². The van der Waals surface area contributed by atoms with Crippen molar-refractivity contribution in [3.63, 3.8) is 0 Å². The Morgan fingerprint density at radius 2 is 1.38 bits per heavy atom. The molecular weight excluding hydrogens is 408 g/mol. The van der Waals surface area contributed by atoms with Crippen LogP contribution in [0.1, 0.15) is 16.7 Å². The normalized spacial score (nSPS) is 11.5. The fourth-order valence-electron chi connectivity index (χ4n) is 1.86. The van der Waals surface area contributed by atoms with E-state index in [1.165, 1.54) is 0 Å². The van der Waals surface area contributed by atoms with E-state index in [2.05, 4.69) is 0 Å². The van der Waals surface area contributed by atoms with Crippen molar-refractivity contribution in [1.82, 2.24) is 0 Å². The van der Waals surface area contributed by atoms with E-state index in [4.69, 9.17) is 0 Å². The van der Waals surface area contributed by atoms with Crippen molar-refractivity contribution in [2.24, 2.45) is 0 Å². The smallest absolute Gasteiger partial charge is 0.811 e. The first kappa shape index (κ1) is 23.8. The third-order valence-corrected chi connectivity index (χ3v) is 4.34. The number of benzene rings is 1. The summed E-state index contributed by atoms with van der Waals surface area (Å²) in [6.45, 7) is 1.74. The molecule has 6 nitrogen and oxygen atoms in total. The molecule has 0 aliphatic rings. The summed E-state index contributed by atoms with van der Waals surface area (Å²) in [4.78, 5) is 42.6. The van der Waals surface area contributed by atoms with Crippen molar-refractivity contribution in [1.29, 1.82) is 0 Å². The molecule has 0 amide bonds. The van der Waals surface area contributed by atoms with Crippen molar-refractivity contribution in [3.8, 4) is 0 Å². The molecule has 1 rings (SSSR count). The van der Waals surface area contributed by atoms with Crippen LogP contribution in [0, 0.1) is 6.92 Å². The van der Waals surface area contributed by atoms with Gasteiger partial charge in [0.25, 0.3) is 0 Å². The Kier molecular flexibility index (Phi) is 10.9. The van der Waals surface area contributed by atoms with Crippen LogP contribution in [0.4, 0.5) is 0 Å². The predicted octanol–water partition coefficient (Wildman–Crippen LogP) is -1.10. The Labute approximate surface area is 144 Å². The third kappa shape index (κ3) is 10.0. The monoisotopic (exact) mass is 422 g/mol. The zero-order valence-corrected chi connectivity index (χ0v) is 14.9. The number of aryl methyl sites for hydroxylation is 2. The summed E-state index contributed by atoms with van der Waals surface area (Å²) in [5.74, 6) is 0. The van der Waals surface area contributed by atoms with Crippen LogP contribution >= 0.6 is 15.2 Å². The molecule has 1 aromatic carbocycles. The molecular formula is C11H14Co2O6P2. The van der Waals surface area contributed by atoms with E-state index >= 15 is 0 Å². The zero-order valence-electron chi connectivity index (χ0n) is 11.1. The molecule has 0 N–H and O–H groups in total. The van der Waals surface area contributed by atoms with Crippen molar-refractivity contribution < 1.29 is 62.3 Å². The second kappa shape index (κ2) is 9.62. The van der Waals surface area contributed by atoms with Crippen molar-refractivity contribution >= 4 is 15.2 Å². The molecule has 10 heteroatoms. The maximum absolute atomic E-state index is 10.7. The topological polar surface area (TPSA) is 126 Å². The zero-order chi connectivity index (χ0) is 14.7. The maximum atomic E-state index is 10.7. The summed E-state index contributed by atoms with van der Waals surface area (Å²) in [6, 6.07) is 5.08. The summed E-state index contributed by atoms with van der Waals surface area (Å²) < 4.78 is 21.3. The fraction of sp³-hybridized carbons (Fsp3) is 0.455. The van der Waals surface area contributed by atoms with Gasteiger partial charge in [-0.1, -0.05) is 33.4 Å². The van der Waals surface area contributed by atoms with Gasteiger partial charge in [0.1, 0.15) is 0 Å². The van der Waals surface area contributed by atoms with Gasteiger partial charge >= 0.3 is 33.6 Å². The molecule has 0 heterocycles. The molecule has 0 aliphatic heterocycles. The molecule has 0 atom stereocenters. The average Bonchev–Trinajstić information content (AvgIpc) is 2.22. The first-order valence-corrected chi connectivity index (χ1v) is 9.13. The van der Waals surface area contributed by atoms with Gasteiger partial charge in [-0.2, -0.15) is 0 Å². The number of hydrogen-bond acceptors (Lipinski definition) is 6. The minimum absolute atomic E-state index is 0. The van der Waals surface area contributed by atoms with Crippen LogP contribution in [-0.4, -0.2) is 12.3 Å². The molecule has 0 aliphatic carbocycles. The van der Waals surface area contributed by atoms with E-state index in [1.54, 1.807) is 25.1 Å². The predicted molar refractivity (Wildman–Crippen MR) is 63.5 cm³/mol. The van der Waals surface area contributed by atoms with E-state index in [-0.39, 0.29) is 46.4 Å². The molecule has 2 radical (unpaired) electrons. The van der Waals surface area contributed by atoms with Gasteiger partial charge < -0.3 is 28.7 Å². The summed E-state index contributed by atoms with van der Waals surface area (Å²) in [7, 11) is -9.20. The quantitative estimate of drug-likeness (QED) is 0.536. The minimum Gasteiger partial charge on any atom is -0.811 e.